The maximum absolute atomic E-state index is 12.9. The molecule has 130 valence electrons. The van der Waals surface area contributed by atoms with Crippen LogP contribution < -0.4 is 0 Å². The summed E-state index contributed by atoms with van der Waals surface area (Å²) in [5, 5.41) is 27.8. The van der Waals surface area contributed by atoms with Crippen LogP contribution in [0.1, 0.15) is 39.9 Å². The molecule has 6 nitrogen and oxygen atoms in total. The molecular formula is C19H18O6. The predicted molar refractivity (Wildman–Crippen MR) is 89.9 cm³/mol. The van der Waals surface area contributed by atoms with Crippen LogP contribution in [0.2, 0.25) is 0 Å². The topological polar surface area (TPSA) is 112 Å². The molecule has 0 aliphatic carbocycles. The quantitative estimate of drug-likeness (QED) is 0.636. The Labute approximate surface area is 144 Å². The predicted octanol–water partition coefficient (Wildman–Crippen LogP) is 2.66. The van der Waals surface area contributed by atoms with Gasteiger partial charge in [0.2, 0.25) is 0 Å². The van der Waals surface area contributed by atoms with Crippen LogP contribution in [0.4, 0.5) is 0 Å². The molecule has 0 heterocycles. The zero-order valence-corrected chi connectivity index (χ0v) is 13.4. The third kappa shape index (κ3) is 4.67. The van der Waals surface area contributed by atoms with Crippen molar-refractivity contribution in [3.05, 3.63) is 64.7 Å². The molecule has 3 N–H and O–H groups in total. The number of carbonyl (C=O) groups excluding carboxylic acids is 1. The highest BCUT2D eigenvalue weighted by molar-refractivity contribution is 6.12. The fraction of sp³-hybridized carbons (Fsp3) is 0.211. The molecule has 2 aromatic carbocycles. The number of carboxylic acid groups (broad SMARTS) is 2. The zero-order chi connectivity index (χ0) is 18.4. The van der Waals surface area contributed by atoms with Crippen LogP contribution in [0, 0.1) is 0 Å². The number of hydrogen-bond acceptors (Lipinski definition) is 4. The molecule has 0 aromatic heterocycles. The van der Waals surface area contributed by atoms with Crippen LogP contribution in [-0.2, 0) is 22.4 Å². The van der Waals surface area contributed by atoms with E-state index in [9.17, 15) is 19.5 Å². The maximum atomic E-state index is 12.9. The zero-order valence-electron chi connectivity index (χ0n) is 13.4. The van der Waals surface area contributed by atoms with Crippen LogP contribution in [0.25, 0.3) is 0 Å². The third-order valence-corrected chi connectivity index (χ3v) is 3.83. The summed E-state index contributed by atoms with van der Waals surface area (Å²) in [6, 6.07) is 11.2. The van der Waals surface area contributed by atoms with Gasteiger partial charge in [0.1, 0.15) is 5.75 Å². The largest absolute Gasteiger partial charge is 0.507 e. The molecule has 0 amide bonds. The van der Waals surface area contributed by atoms with Crippen LogP contribution in [0.5, 0.6) is 5.75 Å². The third-order valence-electron chi connectivity index (χ3n) is 3.83. The number of carbonyl (C=O) groups is 3. The summed E-state index contributed by atoms with van der Waals surface area (Å²) in [4.78, 5) is 34.6. The number of benzene rings is 2. The summed E-state index contributed by atoms with van der Waals surface area (Å²) in [6.45, 7) is 0. The van der Waals surface area contributed by atoms with Crippen molar-refractivity contribution in [3.63, 3.8) is 0 Å². The fourth-order valence-electron chi connectivity index (χ4n) is 2.63. The summed E-state index contributed by atoms with van der Waals surface area (Å²) < 4.78 is 0. The molecule has 0 fully saturated rings. The van der Waals surface area contributed by atoms with Gasteiger partial charge in [0.05, 0.1) is 5.56 Å². The van der Waals surface area contributed by atoms with Crippen LogP contribution in [0.3, 0.4) is 0 Å². The molecule has 0 saturated heterocycles. The molecule has 0 saturated carbocycles. The number of aromatic hydroxyl groups is 1. The number of phenols is 1. The second-order valence-corrected chi connectivity index (χ2v) is 5.59. The van der Waals surface area contributed by atoms with Crippen molar-refractivity contribution in [1.82, 2.24) is 0 Å². The highest BCUT2D eigenvalue weighted by Gasteiger charge is 2.20. The number of rotatable bonds is 8. The molecule has 0 aliphatic heterocycles. The standard InChI is InChI=1S/C19H18O6/c20-15-7-3-5-13(9-11-17(23)24)18(15)19(25)14-6-2-1-4-12(14)8-10-16(21)22/h1-7,20H,8-11H2,(H,21,22)(H,23,24). The maximum Gasteiger partial charge on any atom is 0.303 e. The molecule has 0 bridgehead atoms. The van der Waals surface area contributed by atoms with E-state index in [1.54, 1.807) is 36.4 Å². The van der Waals surface area contributed by atoms with Gasteiger partial charge in [-0.1, -0.05) is 36.4 Å². The Kier molecular flexibility index (Phi) is 5.89. The lowest BCUT2D eigenvalue weighted by atomic mass is 9.91. The Bertz CT molecular complexity index is 809. The van der Waals surface area contributed by atoms with E-state index in [0.29, 0.717) is 16.7 Å². The first-order valence-electron chi connectivity index (χ1n) is 7.77. The fourth-order valence-corrected chi connectivity index (χ4v) is 2.63. The van der Waals surface area contributed by atoms with E-state index >= 15 is 0 Å². The van der Waals surface area contributed by atoms with Gasteiger partial charge in [0.25, 0.3) is 0 Å². The first-order valence-corrected chi connectivity index (χ1v) is 7.77. The molecule has 0 spiro atoms. The Hall–Kier alpha value is -3.15. The number of carboxylic acids is 2. The minimum absolute atomic E-state index is 0.0616. The highest BCUT2D eigenvalue weighted by atomic mass is 16.4. The molecule has 6 heteroatoms. The molecule has 0 atom stereocenters. The molecular weight excluding hydrogens is 324 g/mol. The van der Waals surface area contributed by atoms with E-state index in [1.807, 2.05) is 0 Å². The molecule has 2 aromatic rings. The van der Waals surface area contributed by atoms with E-state index in [-0.39, 0.29) is 37.0 Å². The molecule has 0 unspecified atom stereocenters. The van der Waals surface area contributed by atoms with Gasteiger partial charge in [0.15, 0.2) is 5.78 Å². The number of aryl methyl sites for hydroxylation is 2. The molecule has 2 rings (SSSR count). The smallest absolute Gasteiger partial charge is 0.303 e. The summed E-state index contributed by atoms with van der Waals surface area (Å²) in [7, 11) is 0. The van der Waals surface area contributed by atoms with Gasteiger partial charge in [-0.25, -0.2) is 0 Å². The van der Waals surface area contributed by atoms with Gasteiger partial charge in [-0.2, -0.15) is 0 Å². The Morgan fingerprint density at radius 3 is 1.96 bits per heavy atom. The molecule has 0 radical (unpaired) electrons. The van der Waals surface area contributed by atoms with Crippen molar-refractivity contribution < 1.29 is 29.7 Å². The number of hydrogen-bond donors (Lipinski definition) is 3. The second-order valence-electron chi connectivity index (χ2n) is 5.59. The van der Waals surface area contributed by atoms with Crippen LogP contribution in [-0.4, -0.2) is 33.0 Å². The van der Waals surface area contributed by atoms with Crippen molar-refractivity contribution in [1.29, 1.82) is 0 Å². The van der Waals surface area contributed by atoms with Gasteiger partial charge in [-0.05, 0) is 30.0 Å². The highest BCUT2D eigenvalue weighted by Crippen LogP contribution is 2.27. The summed E-state index contributed by atoms with van der Waals surface area (Å²) in [5.41, 5.74) is 1.39. The molecule has 25 heavy (non-hydrogen) atoms. The van der Waals surface area contributed by atoms with Crippen molar-refractivity contribution >= 4 is 17.7 Å². The monoisotopic (exact) mass is 342 g/mol. The lowest BCUT2D eigenvalue weighted by Gasteiger charge is -2.13. The van der Waals surface area contributed by atoms with Gasteiger partial charge in [-0.3, -0.25) is 14.4 Å². The Morgan fingerprint density at radius 1 is 0.760 bits per heavy atom. The van der Waals surface area contributed by atoms with E-state index in [0.717, 1.165) is 0 Å². The SMILES string of the molecule is O=C(O)CCc1ccccc1C(=O)c1c(O)cccc1CCC(=O)O. The van der Waals surface area contributed by atoms with Crippen molar-refractivity contribution in [3.8, 4) is 5.75 Å². The molecule has 0 aliphatic rings. The van der Waals surface area contributed by atoms with Gasteiger partial charge >= 0.3 is 11.9 Å². The van der Waals surface area contributed by atoms with Gasteiger partial charge in [-0.15, -0.1) is 0 Å². The van der Waals surface area contributed by atoms with Gasteiger partial charge in [0, 0.05) is 18.4 Å². The van der Waals surface area contributed by atoms with E-state index in [4.69, 9.17) is 10.2 Å². The first kappa shape index (κ1) is 18.2. The van der Waals surface area contributed by atoms with Crippen molar-refractivity contribution in [2.75, 3.05) is 0 Å². The summed E-state index contributed by atoms with van der Waals surface area (Å²) in [5.74, 6) is -2.63. The van der Waals surface area contributed by atoms with Gasteiger partial charge < -0.3 is 15.3 Å². The van der Waals surface area contributed by atoms with Crippen molar-refractivity contribution in [2.45, 2.75) is 25.7 Å². The average Bonchev–Trinajstić information content (AvgIpc) is 2.57. The average molecular weight is 342 g/mol. The normalized spacial score (nSPS) is 10.4. The van der Waals surface area contributed by atoms with E-state index < -0.39 is 17.7 Å². The van der Waals surface area contributed by atoms with Crippen LogP contribution in [0.15, 0.2) is 42.5 Å². The Balaban J connectivity index is 2.41. The lowest BCUT2D eigenvalue weighted by molar-refractivity contribution is -0.138. The lowest BCUT2D eigenvalue weighted by Crippen LogP contribution is -2.11. The summed E-state index contributed by atoms with van der Waals surface area (Å²) >= 11 is 0. The number of aliphatic carboxylic acids is 2. The van der Waals surface area contributed by atoms with Crippen LogP contribution >= 0.6 is 0 Å². The minimum Gasteiger partial charge on any atom is -0.507 e. The van der Waals surface area contributed by atoms with Crippen molar-refractivity contribution in [2.24, 2.45) is 0 Å². The van der Waals surface area contributed by atoms with E-state index in [2.05, 4.69) is 0 Å². The minimum atomic E-state index is -0.997. The Morgan fingerprint density at radius 2 is 1.32 bits per heavy atom. The number of phenolic OH excluding ortho intramolecular Hbond substituents is 1. The second kappa shape index (κ2) is 8.10. The number of ketones is 1. The first-order chi connectivity index (χ1) is 11.9. The van der Waals surface area contributed by atoms with E-state index in [1.165, 1.54) is 6.07 Å². The summed E-state index contributed by atoms with van der Waals surface area (Å²) in [6.07, 6.45) is 0.0265.